The van der Waals surface area contributed by atoms with Gasteiger partial charge < -0.3 is 9.52 Å². The molecule has 0 fully saturated rings. The van der Waals surface area contributed by atoms with Crippen molar-refractivity contribution in [3.05, 3.63) is 35.6 Å². The predicted octanol–water partition coefficient (Wildman–Crippen LogP) is 2.67. The molecule has 1 atom stereocenters. The van der Waals surface area contributed by atoms with Gasteiger partial charge in [0.2, 0.25) is 0 Å². The van der Waals surface area contributed by atoms with E-state index in [0.717, 1.165) is 22.3 Å². The summed E-state index contributed by atoms with van der Waals surface area (Å²) in [5.74, 6) is -0.144. The Bertz CT molecular complexity index is 530. The number of hydrogen-bond acceptors (Lipinski definition) is 3. The molecule has 2 rings (SSSR count). The number of fused-ring (bicyclic) bond motifs is 1. The third kappa shape index (κ3) is 1.93. The van der Waals surface area contributed by atoms with Crippen molar-refractivity contribution in [2.75, 3.05) is 0 Å². The third-order valence-electron chi connectivity index (χ3n) is 2.58. The van der Waals surface area contributed by atoms with Crippen molar-refractivity contribution in [1.82, 2.24) is 0 Å². The van der Waals surface area contributed by atoms with Crippen LogP contribution in [0.4, 0.5) is 0 Å². The van der Waals surface area contributed by atoms with E-state index >= 15 is 0 Å². The van der Waals surface area contributed by atoms with E-state index in [0.29, 0.717) is 6.42 Å². The second-order valence-electron chi connectivity index (χ2n) is 3.69. The van der Waals surface area contributed by atoms with E-state index in [1.165, 1.54) is 0 Å². The van der Waals surface area contributed by atoms with Gasteiger partial charge in [-0.25, -0.2) is 0 Å². The first-order valence-electron chi connectivity index (χ1n) is 4.97. The van der Waals surface area contributed by atoms with Crippen LogP contribution in [0.25, 0.3) is 11.0 Å². The zero-order valence-electron chi connectivity index (χ0n) is 8.80. The minimum atomic E-state index is -0.909. The summed E-state index contributed by atoms with van der Waals surface area (Å²) in [6.07, 6.45) is 0.376. The Labute approximate surface area is 98.5 Å². The molecule has 84 valence electrons. The van der Waals surface area contributed by atoms with Crippen molar-refractivity contribution in [2.24, 2.45) is 0 Å². The lowest BCUT2D eigenvalue weighted by molar-refractivity contribution is -0.136. The topological polar surface area (TPSA) is 50.4 Å². The second kappa shape index (κ2) is 4.22. The smallest absolute Gasteiger partial charge is 0.316 e. The molecule has 1 N–H and O–H groups in total. The summed E-state index contributed by atoms with van der Waals surface area (Å²) in [5, 5.41) is 9.11. The summed E-state index contributed by atoms with van der Waals surface area (Å²) in [6, 6.07) is 7.61. The average molecular weight is 236 g/mol. The van der Waals surface area contributed by atoms with Crippen LogP contribution >= 0.6 is 12.6 Å². The van der Waals surface area contributed by atoms with E-state index in [2.05, 4.69) is 12.6 Å². The summed E-state index contributed by atoms with van der Waals surface area (Å²) in [5.41, 5.74) is 1.72. The molecule has 0 amide bonds. The van der Waals surface area contributed by atoms with Gasteiger partial charge in [-0.05, 0) is 19.4 Å². The molecule has 4 heteroatoms. The number of carboxylic acids is 1. The highest BCUT2D eigenvalue weighted by atomic mass is 32.1. The molecular formula is C12H12O3S. The molecule has 1 aromatic carbocycles. The Hall–Kier alpha value is -1.42. The van der Waals surface area contributed by atoms with Crippen molar-refractivity contribution >= 4 is 29.6 Å². The van der Waals surface area contributed by atoms with Crippen LogP contribution in [0.15, 0.2) is 28.7 Å². The van der Waals surface area contributed by atoms with Crippen molar-refractivity contribution in [3.8, 4) is 0 Å². The number of carboxylic acid groups (broad SMARTS) is 1. The first-order chi connectivity index (χ1) is 7.59. The monoisotopic (exact) mass is 236 g/mol. The van der Waals surface area contributed by atoms with Crippen molar-refractivity contribution in [1.29, 1.82) is 0 Å². The number of rotatable bonds is 3. The molecular weight excluding hydrogens is 224 g/mol. The number of carbonyl (C=O) groups is 1. The van der Waals surface area contributed by atoms with E-state index in [-0.39, 0.29) is 0 Å². The molecule has 16 heavy (non-hydrogen) atoms. The molecule has 1 aromatic heterocycles. The van der Waals surface area contributed by atoms with Crippen LogP contribution in [0, 0.1) is 6.92 Å². The fourth-order valence-corrected chi connectivity index (χ4v) is 1.94. The van der Waals surface area contributed by atoms with Crippen LogP contribution < -0.4 is 0 Å². The molecule has 0 radical (unpaired) electrons. The standard InChI is InChI=1S/C12H12O3S/c1-7-9(6-11(16)12(13)14)8-4-2-3-5-10(8)15-7/h2-5,11,16H,6H2,1H3,(H,13,14). The third-order valence-corrected chi connectivity index (χ3v) is 2.99. The molecule has 0 aliphatic rings. The molecule has 0 aliphatic carbocycles. The van der Waals surface area contributed by atoms with E-state index in [1.807, 2.05) is 31.2 Å². The zero-order chi connectivity index (χ0) is 11.7. The lowest BCUT2D eigenvalue weighted by Crippen LogP contribution is -2.16. The maximum absolute atomic E-state index is 10.8. The van der Waals surface area contributed by atoms with Gasteiger partial charge in [0.1, 0.15) is 16.6 Å². The van der Waals surface area contributed by atoms with Crippen LogP contribution in [-0.2, 0) is 11.2 Å². The lowest BCUT2D eigenvalue weighted by atomic mass is 10.1. The quantitative estimate of drug-likeness (QED) is 0.805. The fourth-order valence-electron chi connectivity index (χ4n) is 1.76. The molecule has 2 aromatic rings. The first-order valence-corrected chi connectivity index (χ1v) is 5.49. The van der Waals surface area contributed by atoms with Gasteiger partial charge in [0.15, 0.2) is 0 Å². The van der Waals surface area contributed by atoms with Gasteiger partial charge in [0.25, 0.3) is 0 Å². The molecule has 3 nitrogen and oxygen atoms in total. The Morgan fingerprint density at radius 1 is 1.50 bits per heavy atom. The van der Waals surface area contributed by atoms with Gasteiger partial charge in [0.05, 0.1) is 0 Å². The first kappa shape index (κ1) is 11.1. The van der Waals surface area contributed by atoms with Crippen LogP contribution in [0.3, 0.4) is 0 Å². The largest absolute Gasteiger partial charge is 0.480 e. The van der Waals surface area contributed by atoms with Gasteiger partial charge in [-0.15, -0.1) is 0 Å². The SMILES string of the molecule is Cc1oc2ccccc2c1CC(S)C(=O)O. The van der Waals surface area contributed by atoms with E-state index in [4.69, 9.17) is 9.52 Å². The average Bonchev–Trinajstić information content (AvgIpc) is 2.55. The zero-order valence-corrected chi connectivity index (χ0v) is 9.70. The maximum Gasteiger partial charge on any atom is 0.316 e. The summed E-state index contributed by atoms with van der Waals surface area (Å²) < 4.78 is 5.55. The number of benzene rings is 1. The number of para-hydroxylation sites is 1. The summed E-state index contributed by atoms with van der Waals surface area (Å²) in [7, 11) is 0. The summed E-state index contributed by atoms with van der Waals surface area (Å²) in [4.78, 5) is 10.8. The second-order valence-corrected chi connectivity index (χ2v) is 4.31. The van der Waals surface area contributed by atoms with Crippen molar-refractivity contribution < 1.29 is 14.3 Å². The van der Waals surface area contributed by atoms with Crippen molar-refractivity contribution in [3.63, 3.8) is 0 Å². The Morgan fingerprint density at radius 3 is 2.88 bits per heavy atom. The van der Waals surface area contributed by atoms with Crippen LogP contribution in [0.1, 0.15) is 11.3 Å². The van der Waals surface area contributed by atoms with Gasteiger partial charge in [0, 0.05) is 10.9 Å². The van der Waals surface area contributed by atoms with E-state index in [9.17, 15) is 4.79 Å². The Balaban J connectivity index is 2.43. The number of aliphatic carboxylic acids is 1. The Kier molecular flexibility index (Phi) is 2.92. The maximum atomic E-state index is 10.8. The summed E-state index contributed by atoms with van der Waals surface area (Å²) in [6.45, 7) is 1.84. The number of hydrogen-bond donors (Lipinski definition) is 2. The molecule has 0 saturated heterocycles. The van der Waals surface area contributed by atoms with Gasteiger partial charge in [-0.3, -0.25) is 4.79 Å². The highest BCUT2D eigenvalue weighted by molar-refractivity contribution is 7.81. The highest BCUT2D eigenvalue weighted by Crippen LogP contribution is 2.27. The molecule has 0 aliphatic heterocycles. The minimum absolute atomic E-state index is 0.376. The number of aryl methyl sites for hydroxylation is 1. The fraction of sp³-hybridized carbons (Fsp3) is 0.250. The molecule has 1 heterocycles. The van der Waals surface area contributed by atoms with Crippen LogP contribution in [0.5, 0.6) is 0 Å². The number of thiol groups is 1. The highest BCUT2D eigenvalue weighted by Gasteiger charge is 2.18. The summed E-state index contributed by atoms with van der Waals surface area (Å²) >= 11 is 4.04. The van der Waals surface area contributed by atoms with E-state index in [1.54, 1.807) is 0 Å². The Morgan fingerprint density at radius 2 is 2.19 bits per heavy atom. The van der Waals surface area contributed by atoms with Gasteiger partial charge in [-0.1, -0.05) is 18.2 Å². The van der Waals surface area contributed by atoms with Crippen molar-refractivity contribution in [2.45, 2.75) is 18.6 Å². The van der Waals surface area contributed by atoms with Crippen LogP contribution in [0.2, 0.25) is 0 Å². The molecule has 1 unspecified atom stereocenters. The molecule has 0 saturated carbocycles. The minimum Gasteiger partial charge on any atom is -0.480 e. The van der Waals surface area contributed by atoms with Gasteiger partial charge >= 0.3 is 5.97 Å². The number of furan rings is 1. The molecule has 0 bridgehead atoms. The molecule has 0 spiro atoms. The van der Waals surface area contributed by atoms with Crippen LogP contribution in [-0.4, -0.2) is 16.3 Å². The van der Waals surface area contributed by atoms with E-state index < -0.39 is 11.2 Å². The normalized spacial score (nSPS) is 12.9. The predicted molar refractivity (Wildman–Crippen MR) is 65.1 cm³/mol. The van der Waals surface area contributed by atoms with Gasteiger partial charge in [-0.2, -0.15) is 12.6 Å². The lowest BCUT2D eigenvalue weighted by Gasteiger charge is -2.04.